The molecule has 0 radical (unpaired) electrons. The molecule has 2 heterocycles. The number of hydrogen-bond donors (Lipinski definition) is 2. The van der Waals surface area contributed by atoms with E-state index in [0.717, 1.165) is 5.01 Å². The van der Waals surface area contributed by atoms with E-state index in [0.29, 0.717) is 32.7 Å². The van der Waals surface area contributed by atoms with Gasteiger partial charge < -0.3 is 20.1 Å². The Labute approximate surface area is 120 Å². The number of urea groups is 1. The number of morpholine rings is 1. The number of thiazole rings is 1. The van der Waals surface area contributed by atoms with Gasteiger partial charge in [-0.05, 0) is 0 Å². The van der Waals surface area contributed by atoms with Crippen molar-refractivity contribution in [3.8, 4) is 0 Å². The van der Waals surface area contributed by atoms with Gasteiger partial charge in [0.2, 0.25) is 0 Å². The number of rotatable bonds is 5. The van der Waals surface area contributed by atoms with Crippen LogP contribution in [0.1, 0.15) is 11.4 Å². The van der Waals surface area contributed by atoms with Gasteiger partial charge >= 0.3 is 12.0 Å². The molecule has 8 heteroatoms. The van der Waals surface area contributed by atoms with Crippen LogP contribution >= 0.6 is 11.3 Å². The Morgan fingerprint density at radius 1 is 1.60 bits per heavy atom. The smallest absolute Gasteiger partial charge is 0.317 e. The van der Waals surface area contributed by atoms with Gasteiger partial charge in [0.05, 0.1) is 24.1 Å². The second kappa shape index (κ2) is 7.20. The number of amides is 2. The minimum atomic E-state index is -0.916. The summed E-state index contributed by atoms with van der Waals surface area (Å²) >= 11 is 1.56. The molecule has 1 unspecified atom stereocenters. The molecule has 1 aromatic heterocycles. The highest BCUT2D eigenvalue weighted by Gasteiger charge is 2.25. The summed E-state index contributed by atoms with van der Waals surface area (Å²) in [6, 6.07) is -0.180. The van der Waals surface area contributed by atoms with Gasteiger partial charge in [0, 0.05) is 37.6 Å². The van der Waals surface area contributed by atoms with Gasteiger partial charge in [-0.15, -0.1) is 11.3 Å². The minimum Gasteiger partial charge on any atom is -0.481 e. The third kappa shape index (κ3) is 4.46. The maximum Gasteiger partial charge on any atom is 0.317 e. The number of carboxylic acid groups (broad SMARTS) is 1. The van der Waals surface area contributed by atoms with Gasteiger partial charge in [0.15, 0.2) is 0 Å². The first-order chi connectivity index (χ1) is 9.65. The highest BCUT2D eigenvalue weighted by molar-refractivity contribution is 7.09. The Morgan fingerprint density at radius 2 is 2.45 bits per heavy atom. The summed E-state index contributed by atoms with van der Waals surface area (Å²) in [7, 11) is 0. The first-order valence-electron chi connectivity index (χ1n) is 6.39. The van der Waals surface area contributed by atoms with Crippen LogP contribution in [0.2, 0.25) is 0 Å². The Kier molecular flexibility index (Phi) is 5.31. The van der Waals surface area contributed by atoms with Crippen LogP contribution in [0.5, 0.6) is 0 Å². The monoisotopic (exact) mass is 299 g/mol. The normalized spacial score (nSPS) is 18.8. The molecule has 20 heavy (non-hydrogen) atoms. The van der Waals surface area contributed by atoms with Crippen molar-refractivity contribution in [2.75, 3.05) is 26.2 Å². The molecule has 2 rings (SSSR count). The molecule has 0 bridgehead atoms. The Balaban J connectivity index is 1.72. The number of nitrogens with zero attached hydrogens (tertiary/aromatic N) is 2. The van der Waals surface area contributed by atoms with Gasteiger partial charge in [0.1, 0.15) is 0 Å². The molecule has 0 aliphatic carbocycles. The molecule has 0 spiro atoms. The van der Waals surface area contributed by atoms with E-state index in [9.17, 15) is 9.59 Å². The van der Waals surface area contributed by atoms with Crippen molar-refractivity contribution in [3.63, 3.8) is 0 Å². The Bertz CT molecular complexity index is 452. The predicted octanol–water partition coefficient (Wildman–Crippen LogP) is 0.571. The maximum absolute atomic E-state index is 12.0. The number of ether oxygens (including phenoxy) is 1. The van der Waals surface area contributed by atoms with Crippen molar-refractivity contribution >= 4 is 23.3 Å². The van der Waals surface area contributed by atoms with Crippen molar-refractivity contribution in [1.29, 1.82) is 0 Å². The third-order valence-corrected chi connectivity index (χ3v) is 3.77. The zero-order valence-electron chi connectivity index (χ0n) is 10.9. The van der Waals surface area contributed by atoms with Gasteiger partial charge in [0.25, 0.3) is 0 Å². The van der Waals surface area contributed by atoms with Crippen LogP contribution in [0, 0.1) is 0 Å². The number of carboxylic acids is 1. The van der Waals surface area contributed by atoms with Crippen LogP contribution in [0.25, 0.3) is 0 Å². The molecule has 1 fully saturated rings. The molecule has 1 atom stereocenters. The molecular weight excluding hydrogens is 282 g/mol. The average Bonchev–Trinajstić information content (AvgIpc) is 2.91. The van der Waals surface area contributed by atoms with Crippen LogP contribution < -0.4 is 5.32 Å². The zero-order valence-corrected chi connectivity index (χ0v) is 11.8. The highest BCUT2D eigenvalue weighted by Crippen LogP contribution is 2.09. The van der Waals surface area contributed by atoms with E-state index in [1.807, 2.05) is 5.38 Å². The zero-order chi connectivity index (χ0) is 14.4. The van der Waals surface area contributed by atoms with Crippen LogP contribution in [0.4, 0.5) is 4.79 Å². The fraction of sp³-hybridized carbons (Fsp3) is 0.583. The van der Waals surface area contributed by atoms with Crippen molar-refractivity contribution < 1.29 is 19.4 Å². The number of carbonyl (C=O) groups excluding carboxylic acids is 1. The second-order valence-electron chi connectivity index (χ2n) is 4.44. The summed E-state index contributed by atoms with van der Waals surface area (Å²) in [5.41, 5.74) is 0. The number of hydrogen-bond acceptors (Lipinski definition) is 5. The van der Waals surface area contributed by atoms with Crippen LogP contribution in [-0.4, -0.2) is 59.3 Å². The van der Waals surface area contributed by atoms with Gasteiger partial charge in [-0.2, -0.15) is 0 Å². The van der Waals surface area contributed by atoms with Gasteiger partial charge in [-0.25, -0.2) is 9.78 Å². The SMILES string of the molecule is O=C(O)CC1CN(C(=O)NCCc2nccs2)CCO1. The molecule has 0 aromatic carbocycles. The van der Waals surface area contributed by atoms with Crippen LogP contribution in [0.3, 0.4) is 0 Å². The summed E-state index contributed by atoms with van der Waals surface area (Å²) < 4.78 is 5.32. The van der Waals surface area contributed by atoms with E-state index in [2.05, 4.69) is 10.3 Å². The van der Waals surface area contributed by atoms with Gasteiger partial charge in [-0.3, -0.25) is 4.79 Å². The Morgan fingerprint density at radius 3 is 3.15 bits per heavy atom. The van der Waals surface area contributed by atoms with Crippen LogP contribution in [0.15, 0.2) is 11.6 Å². The third-order valence-electron chi connectivity index (χ3n) is 2.93. The van der Waals surface area contributed by atoms with E-state index < -0.39 is 12.1 Å². The topological polar surface area (TPSA) is 91.8 Å². The van der Waals surface area contributed by atoms with Crippen molar-refractivity contribution in [2.45, 2.75) is 18.9 Å². The van der Waals surface area contributed by atoms with E-state index in [4.69, 9.17) is 9.84 Å². The quantitative estimate of drug-likeness (QED) is 0.829. The molecular formula is C12H17N3O4S. The van der Waals surface area contributed by atoms with Gasteiger partial charge in [-0.1, -0.05) is 0 Å². The average molecular weight is 299 g/mol. The van der Waals surface area contributed by atoms with E-state index in [1.165, 1.54) is 0 Å². The second-order valence-corrected chi connectivity index (χ2v) is 5.42. The number of aromatic nitrogens is 1. The minimum absolute atomic E-state index is 0.0805. The predicted molar refractivity (Wildman–Crippen MR) is 72.8 cm³/mol. The lowest BCUT2D eigenvalue weighted by Gasteiger charge is -2.32. The molecule has 1 saturated heterocycles. The molecule has 2 amide bonds. The summed E-state index contributed by atoms with van der Waals surface area (Å²) in [5.74, 6) is -0.916. The summed E-state index contributed by atoms with van der Waals surface area (Å²) in [6.07, 6.45) is 1.93. The molecule has 0 saturated carbocycles. The maximum atomic E-state index is 12.0. The van der Waals surface area contributed by atoms with Crippen LogP contribution in [-0.2, 0) is 16.0 Å². The van der Waals surface area contributed by atoms with Crippen molar-refractivity contribution in [2.24, 2.45) is 0 Å². The molecule has 1 aliphatic rings. The highest BCUT2D eigenvalue weighted by atomic mass is 32.1. The van der Waals surface area contributed by atoms with E-state index in [1.54, 1.807) is 22.4 Å². The fourth-order valence-corrected chi connectivity index (χ4v) is 2.61. The molecule has 1 aromatic rings. The van der Waals surface area contributed by atoms with Crippen molar-refractivity contribution in [1.82, 2.24) is 15.2 Å². The molecule has 1 aliphatic heterocycles. The molecule has 2 N–H and O–H groups in total. The first-order valence-corrected chi connectivity index (χ1v) is 7.27. The standard InChI is InChI=1S/C12H17N3O4S/c16-11(17)7-9-8-15(4-5-19-9)12(18)14-2-1-10-13-3-6-20-10/h3,6,9H,1-2,4-5,7-8H2,(H,14,18)(H,16,17). The fourth-order valence-electron chi connectivity index (χ4n) is 1.99. The summed E-state index contributed by atoms with van der Waals surface area (Å²) in [4.78, 5) is 28.3. The summed E-state index contributed by atoms with van der Waals surface area (Å²) in [5, 5.41) is 14.4. The van der Waals surface area contributed by atoms with Crippen molar-refractivity contribution in [3.05, 3.63) is 16.6 Å². The number of aliphatic carboxylic acids is 1. The molecule has 7 nitrogen and oxygen atoms in total. The lowest BCUT2D eigenvalue weighted by atomic mass is 10.2. The Hall–Kier alpha value is -1.67. The number of nitrogens with one attached hydrogen (secondary N) is 1. The number of carbonyl (C=O) groups is 2. The van der Waals surface area contributed by atoms with E-state index in [-0.39, 0.29) is 12.5 Å². The lowest BCUT2D eigenvalue weighted by molar-refractivity contribution is -0.141. The van der Waals surface area contributed by atoms with E-state index >= 15 is 0 Å². The summed E-state index contributed by atoms with van der Waals surface area (Å²) in [6.45, 7) is 1.69. The first kappa shape index (κ1) is 14.7. The molecule has 110 valence electrons. The lowest BCUT2D eigenvalue weighted by Crippen LogP contribution is -2.50. The largest absolute Gasteiger partial charge is 0.481 e.